The molecule has 9 nitrogen and oxygen atoms in total. The van der Waals surface area contributed by atoms with E-state index >= 15 is 0 Å². The second-order valence-electron chi connectivity index (χ2n) is 7.54. The molecular weight excluding hydrogens is 412 g/mol. The molecule has 4 rings (SSSR count). The van der Waals surface area contributed by atoms with Gasteiger partial charge in [-0.05, 0) is 22.3 Å². The van der Waals surface area contributed by atoms with E-state index in [1.807, 2.05) is 36.4 Å². The fourth-order valence-electron chi connectivity index (χ4n) is 3.94. The quantitative estimate of drug-likeness (QED) is 0.617. The van der Waals surface area contributed by atoms with Crippen molar-refractivity contribution < 1.29 is 24.2 Å². The molecule has 3 aromatic rings. The molecule has 0 fully saturated rings. The molecule has 0 unspecified atom stereocenters. The largest absolute Gasteiger partial charge is 0.480 e. The van der Waals surface area contributed by atoms with E-state index in [4.69, 9.17) is 9.84 Å². The summed E-state index contributed by atoms with van der Waals surface area (Å²) in [6, 6.07) is 17.5. The first-order valence-corrected chi connectivity index (χ1v) is 9.98. The number of anilines is 1. The zero-order valence-corrected chi connectivity index (χ0v) is 17.6. The van der Waals surface area contributed by atoms with Crippen molar-refractivity contribution in [2.75, 3.05) is 25.5 Å². The molecule has 9 heteroatoms. The summed E-state index contributed by atoms with van der Waals surface area (Å²) in [7, 11) is 2.91. The van der Waals surface area contributed by atoms with Crippen LogP contribution in [0.3, 0.4) is 0 Å². The van der Waals surface area contributed by atoms with Crippen molar-refractivity contribution >= 4 is 23.8 Å². The number of nitrogens with one attached hydrogen (secondary N) is 1. The van der Waals surface area contributed by atoms with Crippen molar-refractivity contribution in [1.82, 2.24) is 14.7 Å². The van der Waals surface area contributed by atoms with Crippen LogP contribution in [0.2, 0.25) is 0 Å². The Morgan fingerprint density at radius 3 is 2.28 bits per heavy atom. The number of rotatable bonds is 6. The van der Waals surface area contributed by atoms with Gasteiger partial charge in [0.2, 0.25) is 0 Å². The molecule has 0 spiro atoms. The van der Waals surface area contributed by atoms with Crippen molar-refractivity contribution in [3.8, 4) is 11.1 Å². The van der Waals surface area contributed by atoms with Crippen molar-refractivity contribution in [3.05, 3.63) is 71.4 Å². The Morgan fingerprint density at radius 2 is 1.69 bits per heavy atom. The Labute approximate surface area is 184 Å². The monoisotopic (exact) mass is 434 g/mol. The molecule has 2 amide bonds. The SMILES string of the molecule is CN(CC(=O)O)C(=O)c1cc(NC(=O)OCC2c3ccccc3-c3ccccc32)nn1C. The molecule has 1 heterocycles. The lowest BCUT2D eigenvalue weighted by Gasteiger charge is -2.14. The highest BCUT2D eigenvalue weighted by Gasteiger charge is 2.29. The molecule has 2 N–H and O–H groups in total. The molecular formula is C23H22N4O5. The zero-order chi connectivity index (χ0) is 22.8. The molecule has 1 aromatic heterocycles. The van der Waals surface area contributed by atoms with Gasteiger partial charge in [-0.3, -0.25) is 19.6 Å². The number of fused-ring (bicyclic) bond motifs is 3. The first-order chi connectivity index (χ1) is 15.3. The number of benzene rings is 2. The number of aryl methyl sites for hydroxylation is 1. The summed E-state index contributed by atoms with van der Waals surface area (Å²) in [5, 5.41) is 15.5. The summed E-state index contributed by atoms with van der Waals surface area (Å²) >= 11 is 0. The van der Waals surface area contributed by atoms with Crippen LogP contribution >= 0.6 is 0 Å². The molecule has 0 saturated heterocycles. The van der Waals surface area contributed by atoms with Gasteiger partial charge in [-0.1, -0.05) is 48.5 Å². The topological polar surface area (TPSA) is 114 Å². The van der Waals surface area contributed by atoms with E-state index in [9.17, 15) is 14.4 Å². The number of nitrogens with zero attached hydrogens (tertiary/aromatic N) is 3. The van der Waals surface area contributed by atoms with E-state index < -0.39 is 24.5 Å². The highest BCUT2D eigenvalue weighted by atomic mass is 16.5. The number of carboxylic acid groups (broad SMARTS) is 1. The minimum Gasteiger partial charge on any atom is -0.480 e. The number of hydrogen-bond acceptors (Lipinski definition) is 5. The summed E-state index contributed by atoms with van der Waals surface area (Å²) in [5.41, 5.74) is 4.62. The molecule has 0 atom stereocenters. The molecule has 32 heavy (non-hydrogen) atoms. The summed E-state index contributed by atoms with van der Waals surface area (Å²) in [5.74, 6) is -1.58. The molecule has 1 aliphatic carbocycles. The van der Waals surface area contributed by atoms with E-state index in [2.05, 4.69) is 22.5 Å². The first-order valence-electron chi connectivity index (χ1n) is 9.98. The van der Waals surface area contributed by atoms with Crippen molar-refractivity contribution in [3.63, 3.8) is 0 Å². The van der Waals surface area contributed by atoms with Gasteiger partial charge in [0.05, 0.1) is 0 Å². The van der Waals surface area contributed by atoms with Crippen molar-refractivity contribution in [2.45, 2.75) is 5.92 Å². The van der Waals surface area contributed by atoms with Gasteiger partial charge >= 0.3 is 12.1 Å². The molecule has 0 bridgehead atoms. The van der Waals surface area contributed by atoms with Crippen molar-refractivity contribution in [1.29, 1.82) is 0 Å². The number of carbonyl (C=O) groups is 3. The van der Waals surface area contributed by atoms with Crippen LogP contribution in [0.15, 0.2) is 54.6 Å². The third-order valence-corrected chi connectivity index (χ3v) is 5.39. The molecule has 0 radical (unpaired) electrons. The van der Waals surface area contributed by atoms with Crippen LogP contribution in [0.5, 0.6) is 0 Å². The van der Waals surface area contributed by atoms with E-state index in [0.717, 1.165) is 27.2 Å². The predicted octanol–water partition coefficient (Wildman–Crippen LogP) is 2.94. The molecule has 2 aromatic carbocycles. The van der Waals surface area contributed by atoms with Crippen LogP contribution in [0.4, 0.5) is 10.6 Å². The molecule has 164 valence electrons. The Balaban J connectivity index is 1.42. The van der Waals surface area contributed by atoms with Gasteiger partial charge in [0.15, 0.2) is 5.82 Å². The first kappa shape index (κ1) is 21.1. The predicted molar refractivity (Wildman–Crippen MR) is 116 cm³/mol. The van der Waals surface area contributed by atoms with Crippen molar-refractivity contribution in [2.24, 2.45) is 7.05 Å². The number of likely N-dealkylation sites (N-methyl/N-ethyl adjacent to an activating group) is 1. The van der Waals surface area contributed by atoms with Crippen LogP contribution in [-0.2, 0) is 16.6 Å². The Kier molecular flexibility index (Phi) is 5.63. The van der Waals surface area contributed by atoms with Gasteiger partial charge in [-0.15, -0.1) is 0 Å². The minimum atomic E-state index is -1.12. The maximum atomic E-state index is 12.4. The standard InChI is InChI=1S/C23H22N4O5/c1-26(12-21(28)29)22(30)19-11-20(25-27(19)2)24-23(31)32-13-18-16-9-5-3-7-14(16)15-8-4-6-10-17(15)18/h3-11,18H,12-13H2,1-2H3,(H,28,29)(H,24,25,31). The second kappa shape index (κ2) is 8.54. The van der Waals surface area contributed by atoms with E-state index in [-0.39, 0.29) is 24.0 Å². The van der Waals surface area contributed by atoms with E-state index in [1.54, 1.807) is 0 Å². The van der Waals surface area contributed by atoms with Crippen LogP contribution in [0, 0.1) is 0 Å². The Bertz CT molecular complexity index is 1160. The van der Waals surface area contributed by atoms with E-state index in [0.29, 0.717) is 0 Å². The normalized spacial score (nSPS) is 12.1. The summed E-state index contributed by atoms with van der Waals surface area (Å²) in [6.45, 7) is -0.293. The smallest absolute Gasteiger partial charge is 0.412 e. The Hall–Kier alpha value is -4.14. The van der Waals surface area contributed by atoms with Gasteiger partial charge in [-0.25, -0.2) is 4.79 Å². The lowest BCUT2D eigenvalue weighted by Crippen LogP contribution is -2.33. The maximum absolute atomic E-state index is 12.4. The number of aromatic nitrogens is 2. The Morgan fingerprint density at radius 1 is 1.09 bits per heavy atom. The average molecular weight is 434 g/mol. The molecule has 0 saturated carbocycles. The third kappa shape index (κ3) is 4.04. The van der Waals surface area contributed by atoms with Gasteiger partial charge < -0.3 is 14.7 Å². The summed E-state index contributed by atoms with van der Waals surface area (Å²) in [4.78, 5) is 36.7. The second-order valence-corrected chi connectivity index (χ2v) is 7.54. The fourth-order valence-corrected chi connectivity index (χ4v) is 3.94. The number of aliphatic carboxylic acids is 1. The summed E-state index contributed by atoms with van der Waals surface area (Å²) < 4.78 is 6.76. The zero-order valence-electron chi connectivity index (χ0n) is 17.6. The highest BCUT2D eigenvalue weighted by Crippen LogP contribution is 2.44. The van der Waals surface area contributed by atoms with Gasteiger partial charge in [0, 0.05) is 26.1 Å². The number of hydrogen-bond donors (Lipinski definition) is 2. The lowest BCUT2D eigenvalue weighted by molar-refractivity contribution is -0.137. The summed E-state index contributed by atoms with van der Waals surface area (Å²) in [6.07, 6.45) is -0.692. The molecule has 0 aliphatic heterocycles. The lowest BCUT2D eigenvalue weighted by atomic mass is 9.98. The minimum absolute atomic E-state index is 0.0707. The number of amides is 2. The van der Waals surface area contributed by atoms with Crippen LogP contribution in [0.1, 0.15) is 27.5 Å². The maximum Gasteiger partial charge on any atom is 0.412 e. The third-order valence-electron chi connectivity index (χ3n) is 5.39. The van der Waals surface area contributed by atoms with Crippen LogP contribution in [-0.4, -0.2) is 58.0 Å². The van der Waals surface area contributed by atoms with Gasteiger partial charge in [-0.2, -0.15) is 5.10 Å². The highest BCUT2D eigenvalue weighted by molar-refractivity contribution is 5.95. The van der Waals surface area contributed by atoms with E-state index in [1.165, 1.54) is 24.8 Å². The number of carboxylic acids is 1. The number of ether oxygens (including phenoxy) is 1. The molecule has 1 aliphatic rings. The number of carbonyl (C=O) groups excluding carboxylic acids is 2. The van der Waals surface area contributed by atoms with Crippen LogP contribution in [0.25, 0.3) is 11.1 Å². The van der Waals surface area contributed by atoms with Crippen LogP contribution < -0.4 is 5.32 Å². The average Bonchev–Trinajstić information content (AvgIpc) is 3.28. The van der Waals surface area contributed by atoms with Gasteiger partial charge in [0.1, 0.15) is 18.8 Å². The fraction of sp³-hybridized carbons (Fsp3) is 0.217. The van der Waals surface area contributed by atoms with Gasteiger partial charge in [0.25, 0.3) is 5.91 Å².